The first-order valence-corrected chi connectivity index (χ1v) is 12.0. The molecule has 1 amide bonds. The molecule has 1 fully saturated rings. The van der Waals surface area contributed by atoms with Gasteiger partial charge >= 0.3 is 0 Å². The maximum atomic E-state index is 12.3. The molecule has 1 N–H and O–H groups in total. The molecule has 1 aliphatic rings. The summed E-state index contributed by atoms with van der Waals surface area (Å²) in [6.07, 6.45) is 8.03. The number of aromatic nitrogens is 6. The minimum Gasteiger partial charge on any atom is -0.497 e. The van der Waals surface area contributed by atoms with E-state index in [1.807, 2.05) is 41.2 Å². The van der Waals surface area contributed by atoms with Crippen LogP contribution in [0.2, 0.25) is 0 Å². The Hall–Kier alpha value is -4.28. The van der Waals surface area contributed by atoms with Crippen LogP contribution >= 0.6 is 0 Å². The van der Waals surface area contributed by atoms with Crippen LogP contribution in [-0.4, -0.2) is 75.5 Å². The summed E-state index contributed by atoms with van der Waals surface area (Å²) < 4.78 is 6.99. The van der Waals surface area contributed by atoms with Crippen LogP contribution in [-0.2, 0) is 17.8 Å². The highest BCUT2D eigenvalue weighted by Crippen LogP contribution is 2.24. The summed E-state index contributed by atoms with van der Waals surface area (Å²) in [5, 5.41) is 8.41. The van der Waals surface area contributed by atoms with Crippen LogP contribution in [0.15, 0.2) is 55.2 Å². The largest absolute Gasteiger partial charge is 0.497 e. The average molecular weight is 488 g/mol. The Bertz CT molecular complexity index is 1290. The van der Waals surface area contributed by atoms with E-state index in [1.165, 1.54) is 0 Å². The Morgan fingerprint density at radius 2 is 1.75 bits per heavy atom. The fourth-order valence-corrected chi connectivity index (χ4v) is 4.31. The smallest absolute Gasteiger partial charge is 0.225 e. The fourth-order valence-electron chi connectivity index (χ4n) is 4.31. The number of aryl methyl sites for hydroxylation is 1. The Labute approximate surface area is 209 Å². The summed E-state index contributed by atoms with van der Waals surface area (Å²) in [6, 6.07) is 9.60. The molecule has 11 heteroatoms. The standard InChI is InChI=1S/C25H29N9O2/c1-36-20-6-3-19(4-7-20)5-8-22(35)26-11-12-34-24-21(17-31-34)23(29-18-30-24)32-13-15-33(16-14-32)25-27-9-2-10-28-25/h2-4,6-7,9-10,17-18H,5,8,11-16H2,1H3,(H,26,35). The van der Waals surface area contributed by atoms with E-state index in [9.17, 15) is 4.79 Å². The molecule has 0 bridgehead atoms. The van der Waals surface area contributed by atoms with E-state index in [-0.39, 0.29) is 5.91 Å². The van der Waals surface area contributed by atoms with Gasteiger partial charge in [-0.25, -0.2) is 24.6 Å². The number of anilines is 2. The van der Waals surface area contributed by atoms with Crippen molar-refractivity contribution in [2.24, 2.45) is 0 Å². The number of nitrogens with one attached hydrogen (secondary N) is 1. The number of hydrogen-bond donors (Lipinski definition) is 1. The van der Waals surface area contributed by atoms with Crippen LogP contribution < -0.4 is 19.9 Å². The Morgan fingerprint density at radius 3 is 2.50 bits per heavy atom. The third-order valence-corrected chi connectivity index (χ3v) is 6.27. The van der Waals surface area contributed by atoms with E-state index in [1.54, 1.807) is 25.8 Å². The molecule has 0 aliphatic carbocycles. The molecule has 1 saturated heterocycles. The van der Waals surface area contributed by atoms with Gasteiger partial charge < -0.3 is 19.9 Å². The molecule has 11 nitrogen and oxygen atoms in total. The van der Waals surface area contributed by atoms with Crippen molar-refractivity contribution in [1.82, 2.24) is 35.0 Å². The molecule has 3 aromatic heterocycles. The number of methoxy groups -OCH3 is 1. The lowest BCUT2D eigenvalue weighted by molar-refractivity contribution is -0.121. The molecule has 4 aromatic rings. The van der Waals surface area contributed by atoms with Crippen molar-refractivity contribution in [3.05, 3.63) is 60.8 Å². The van der Waals surface area contributed by atoms with E-state index in [0.717, 1.165) is 60.3 Å². The molecule has 0 saturated carbocycles. The first-order chi connectivity index (χ1) is 17.7. The van der Waals surface area contributed by atoms with Crippen molar-refractivity contribution in [3.8, 4) is 5.75 Å². The second-order valence-corrected chi connectivity index (χ2v) is 8.52. The van der Waals surface area contributed by atoms with Crippen molar-refractivity contribution < 1.29 is 9.53 Å². The topological polar surface area (TPSA) is 114 Å². The van der Waals surface area contributed by atoms with E-state index in [0.29, 0.717) is 25.9 Å². The molecule has 1 aliphatic heterocycles. The summed E-state index contributed by atoms with van der Waals surface area (Å²) in [6.45, 7) is 4.25. The number of fused-ring (bicyclic) bond motifs is 1. The predicted octanol–water partition coefficient (Wildman–Crippen LogP) is 1.70. The summed E-state index contributed by atoms with van der Waals surface area (Å²) in [4.78, 5) is 34.4. The first kappa shape index (κ1) is 23.5. The van der Waals surface area contributed by atoms with Gasteiger partial charge in [0.05, 0.1) is 25.2 Å². The number of ether oxygens (including phenoxy) is 1. The molecule has 0 radical (unpaired) electrons. The second-order valence-electron chi connectivity index (χ2n) is 8.52. The van der Waals surface area contributed by atoms with Crippen molar-refractivity contribution in [1.29, 1.82) is 0 Å². The molecule has 186 valence electrons. The van der Waals surface area contributed by atoms with Crippen LogP contribution in [0.5, 0.6) is 5.75 Å². The normalized spacial score (nSPS) is 13.7. The minimum absolute atomic E-state index is 0.0119. The molecule has 36 heavy (non-hydrogen) atoms. The van der Waals surface area contributed by atoms with Crippen molar-refractivity contribution in [2.45, 2.75) is 19.4 Å². The highest BCUT2D eigenvalue weighted by atomic mass is 16.5. The van der Waals surface area contributed by atoms with Gasteiger partial charge in [-0.1, -0.05) is 12.1 Å². The SMILES string of the molecule is COc1ccc(CCC(=O)NCCn2ncc3c(N4CCN(c5ncccn5)CC4)ncnc32)cc1. The number of rotatable bonds is 9. The number of hydrogen-bond acceptors (Lipinski definition) is 9. The monoisotopic (exact) mass is 487 g/mol. The quantitative estimate of drug-likeness (QED) is 0.377. The summed E-state index contributed by atoms with van der Waals surface area (Å²) in [5.41, 5.74) is 1.87. The maximum absolute atomic E-state index is 12.3. The highest BCUT2D eigenvalue weighted by Gasteiger charge is 2.22. The zero-order valence-electron chi connectivity index (χ0n) is 20.2. The maximum Gasteiger partial charge on any atom is 0.225 e. The first-order valence-electron chi connectivity index (χ1n) is 12.0. The van der Waals surface area contributed by atoms with Crippen molar-refractivity contribution in [3.63, 3.8) is 0 Å². The number of benzene rings is 1. The van der Waals surface area contributed by atoms with Crippen LogP contribution in [0.25, 0.3) is 11.0 Å². The zero-order chi connectivity index (χ0) is 24.7. The van der Waals surface area contributed by atoms with E-state index >= 15 is 0 Å². The summed E-state index contributed by atoms with van der Waals surface area (Å²) in [7, 11) is 1.64. The van der Waals surface area contributed by atoms with Gasteiger partial charge in [0.1, 0.15) is 17.9 Å². The number of carbonyl (C=O) groups excluding carboxylic acids is 1. The van der Waals surface area contributed by atoms with E-state index in [2.05, 4.69) is 40.2 Å². The summed E-state index contributed by atoms with van der Waals surface area (Å²) in [5.74, 6) is 2.45. The fraction of sp³-hybridized carbons (Fsp3) is 0.360. The predicted molar refractivity (Wildman–Crippen MR) is 136 cm³/mol. The Balaban J connectivity index is 1.14. The minimum atomic E-state index is 0.0119. The van der Waals surface area contributed by atoms with Crippen LogP contribution in [0.1, 0.15) is 12.0 Å². The average Bonchev–Trinajstić information content (AvgIpc) is 3.36. The zero-order valence-corrected chi connectivity index (χ0v) is 20.2. The number of piperazine rings is 1. The van der Waals surface area contributed by atoms with Crippen LogP contribution in [0.3, 0.4) is 0 Å². The number of amides is 1. The number of nitrogens with zero attached hydrogens (tertiary/aromatic N) is 8. The highest BCUT2D eigenvalue weighted by molar-refractivity contribution is 5.86. The van der Waals surface area contributed by atoms with Gasteiger partial charge in [-0.3, -0.25) is 4.79 Å². The lowest BCUT2D eigenvalue weighted by atomic mass is 10.1. The van der Waals surface area contributed by atoms with Crippen LogP contribution in [0, 0.1) is 0 Å². The molecular formula is C25H29N9O2. The molecule has 5 rings (SSSR count). The van der Waals surface area contributed by atoms with Gasteiger partial charge in [0.25, 0.3) is 0 Å². The van der Waals surface area contributed by atoms with Crippen molar-refractivity contribution >= 4 is 28.7 Å². The molecular weight excluding hydrogens is 458 g/mol. The molecule has 1 aromatic carbocycles. The van der Waals surface area contributed by atoms with Crippen molar-refractivity contribution in [2.75, 3.05) is 49.6 Å². The summed E-state index contributed by atoms with van der Waals surface area (Å²) >= 11 is 0. The van der Waals surface area contributed by atoms with E-state index < -0.39 is 0 Å². The van der Waals surface area contributed by atoms with Gasteiger partial charge in [0.15, 0.2) is 5.65 Å². The third-order valence-electron chi connectivity index (χ3n) is 6.27. The molecule has 0 spiro atoms. The van der Waals surface area contributed by atoms with Gasteiger partial charge in [-0.2, -0.15) is 5.10 Å². The molecule has 0 unspecified atom stereocenters. The third kappa shape index (κ3) is 5.35. The van der Waals surface area contributed by atoms with Gasteiger partial charge in [0.2, 0.25) is 11.9 Å². The van der Waals surface area contributed by atoms with Gasteiger partial charge in [-0.15, -0.1) is 0 Å². The Morgan fingerprint density at radius 1 is 1.00 bits per heavy atom. The van der Waals surface area contributed by atoms with Crippen LogP contribution in [0.4, 0.5) is 11.8 Å². The Kier molecular flexibility index (Phi) is 7.15. The second kappa shape index (κ2) is 11.0. The van der Waals surface area contributed by atoms with Gasteiger partial charge in [0, 0.05) is 51.5 Å². The van der Waals surface area contributed by atoms with Gasteiger partial charge in [-0.05, 0) is 30.2 Å². The van der Waals surface area contributed by atoms with E-state index in [4.69, 9.17) is 4.74 Å². The lowest BCUT2D eigenvalue weighted by Gasteiger charge is -2.35. The molecule has 0 atom stereocenters. The molecule has 4 heterocycles. The lowest BCUT2D eigenvalue weighted by Crippen LogP contribution is -2.47. The number of carbonyl (C=O) groups is 1.